The number of cyclic esters (lactones) is 1. The maximum atomic E-state index is 13.6. The van der Waals surface area contributed by atoms with Crippen molar-refractivity contribution in [3.05, 3.63) is 47.5 Å². The molecule has 37 heavy (non-hydrogen) atoms. The largest absolute Gasteiger partial charge is 0.491 e. The minimum Gasteiger partial charge on any atom is -0.491 e. The first-order valence-corrected chi connectivity index (χ1v) is 12.3. The Balaban J connectivity index is 1.45. The molecular formula is C25H26ClFN6O4. The number of likely N-dealkylation sites (tertiary alicyclic amines) is 1. The number of nitrogens with zero attached hydrogens (tertiary/aromatic N) is 3. The number of nitrogens with one attached hydrogen (secondary N) is 3. The van der Waals surface area contributed by atoms with Gasteiger partial charge in [0.05, 0.1) is 22.8 Å². The van der Waals surface area contributed by atoms with Crippen molar-refractivity contribution >= 4 is 51.7 Å². The fourth-order valence-electron chi connectivity index (χ4n) is 4.29. The summed E-state index contributed by atoms with van der Waals surface area (Å²) < 4.78 is 24.7. The van der Waals surface area contributed by atoms with Gasteiger partial charge in [-0.25, -0.2) is 19.2 Å². The van der Waals surface area contributed by atoms with E-state index in [0.717, 1.165) is 25.9 Å². The molecule has 0 aliphatic carbocycles. The van der Waals surface area contributed by atoms with Gasteiger partial charge in [-0.1, -0.05) is 11.6 Å². The Morgan fingerprint density at radius 2 is 2.08 bits per heavy atom. The minimum atomic E-state index is -0.823. The Hall–Kier alpha value is -3.70. The highest BCUT2D eigenvalue weighted by Crippen LogP contribution is 2.34. The van der Waals surface area contributed by atoms with Gasteiger partial charge in [-0.2, -0.15) is 0 Å². The van der Waals surface area contributed by atoms with Crippen LogP contribution in [0.1, 0.15) is 12.8 Å². The standard InChI is InChI=1S/C25H26ClFN6O4/c1-33-6-4-14(5-7-33)11-36-22-10-19-16(9-20(22)31-24(34)21-12-37-25(35)32-21)23(29-13-28-19)30-15-2-3-18(27)17(26)8-15/h2-3,8-10,13-14,21H,4-7,11-12H2,1H3,(H,31,34)(H,32,35)(H,28,29,30)/t21-/m1/s1. The molecule has 0 bridgehead atoms. The van der Waals surface area contributed by atoms with Crippen molar-refractivity contribution in [3.63, 3.8) is 0 Å². The Labute approximate surface area is 217 Å². The number of hydrogen-bond donors (Lipinski definition) is 3. The van der Waals surface area contributed by atoms with Gasteiger partial charge in [-0.05, 0) is 63.2 Å². The van der Waals surface area contributed by atoms with Crippen LogP contribution < -0.4 is 20.7 Å². The van der Waals surface area contributed by atoms with Crippen molar-refractivity contribution in [3.8, 4) is 5.75 Å². The van der Waals surface area contributed by atoms with Gasteiger partial charge < -0.3 is 30.3 Å². The molecule has 2 aromatic carbocycles. The zero-order valence-corrected chi connectivity index (χ0v) is 20.8. The van der Waals surface area contributed by atoms with Crippen molar-refractivity contribution in [2.24, 2.45) is 5.92 Å². The number of piperidine rings is 1. The summed E-state index contributed by atoms with van der Waals surface area (Å²) in [7, 11) is 2.10. The van der Waals surface area contributed by atoms with Gasteiger partial charge in [0.1, 0.15) is 36.4 Å². The average Bonchev–Trinajstić information content (AvgIpc) is 3.33. The number of ether oxygens (including phenoxy) is 2. The van der Waals surface area contributed by atoms with Gasteiger partial charge in [-0.3, -0.25) is 4.79 Å². The number of hydrogen-bond acceptors (Lipinski definition) is 8. The maximum absolute atomic E-state index is 13.6. The summed E-state index contributed by atoms with van der Waals surface area (Å²) in [4.78, 5) is 35.3. The van der Waals surface area contributed by atoms with E-state index < -0.39 is 23.9 Å². The lowest BCUT2D eigenvalue weighted by atomic mass is 9.98. The number of carbonyl (C=O) groups excluding carboxylic acids is 2. The molecule has 2 aliphatic rings. The molecule has 3 N–H and O–H groups in total. The molecule has 2 aliphatic heterocycles. The highest BCUT2D eigenvalue weighted by atomic mass is 35.5. The fourth-order valence-corrected chi connectivity index (χ4v) is 4.47. The topological polar surface area (TPSA) is 118 Å². The van der Waals surface area contributed by atoms with Crippen LogP contribution in [0.4, 0.5) is 26.4 Å². The number of alkyl carbamates (subject to hydrolysis) is 1. The number of anilines is 3. The van der Waals surface area contributed by atoms with Gasteiger partial charge in [0.15, 0.2) is 0 Å². The van der Waals surface area contributed by atoms with Crippen molar-refractivity contribution in [1.82, 2.24) is 20.2 Å². The van der Waals surface area contributed by atoms with Crippen molar-refractivity contribution < 1.29 is 23.5 Å². The van der Waals surface area contributed by atoms with Crippen LogP contribution in [0.3, 0.4) is 0 Å². The monoisotopic (exact) mass is 528 g/mol. The van der Waals surface area contributed by atoms with E-state index in [1.165, 1.54) is 18.5 Å². The van der Waals surface area contributed by atoms with E-state index in [2.05, 4.69) is 37.9 Å². The third-order valence-corrected chi connectivity index (χ3v) is 6.77. The van der Waals surface area contributed by atoms with Gasteiger partial charge >= 0.3 is 6.09 Å². The number of benzene rings is 2. The molecule has 5 rings (SSSR count). The minimum absolute atomic E-state index is 0.0262. The van der Waals surface area contributed by atoms with Crippen molar-refractivity contribution in [2.45, 2.75) is 18.9 Å². The number of aromatic nitrogens is 2. The van der Waals surface area contributed by atoms with Gasteiger partial charge in [0.25, 0.3) is 5.91 Å². The summed E-state index contributed by atoms with van der Waals surface area (Å²) in [6, 6.07) is 6.88. The maximum Gasteiger partial charge on any atom is 0.407 e. The average molecular weight is 529 g/mol. The summed E-state index contributed by atoms with van der Waals surface area (Å²) in [5.41, 5.74) is 1.52. The number of carbonyl (C=O) groups is 2. The third-order valence-electron chi connectivity index (χ3n) is 6.48. The third kappa shape index (κ3) is 5.83. The number of rotatable bonds is 7. The molecule has 2 saturated heterocycles. The molecule has 2 fully saturated rings. The smallest absolute Gasteiger partial charge is 0.407 e. The molecule has 194 valence electrons. The first-order chi connectivity index (χ1) is 17.9. The van der Waals surface area contributed by atoms with E-state index in [1.54, 1.807) is 18.2 Å². The summed E-state index contributed by atoms with van der Waals surface area (Å²) in [6.07, 6.45) is 2.80. The van der Waals surface area contributed by atoms with E-state index in [1.807, 2.05) is 0 Å². The van der Waals surface area contributed by atoms with E-state index in [-0.39, 0.29) is 11.6 Å². The zero-order chi connectivity index (χ0) is 25.9. The summed E-state index contributed by atoms with van der Waals surface area (Å²) in [5, 5.41) is 9.01. The molecule has 0 saturated carbocycles. The summed E-state index contributed by atoms with van der Waals surface area (Å²) >= 11 is 5.93. The predicted molar refractivity (Wildman–Crippen MR) is 137 cm³/mol. The zero-order valence-electron chi connectivity index (χ0n) is 20.1. The highest BCUT2D eigenvalue weighted by molar-refractivity contribution is 6.31. The Bertz CT molecular complexity index is 1330. The van der Waals surface area contributed by atoms with Crippen LogP contribution >= 0.6 is 11.6 Å². The molecular weight excluding hydrogens is 503 g/mol. The van der Waals surface area contributed by atoms with E-state index >= 15 is 0 Å². The van der Waals surface area contributed by atoms with Gasteiger partial charge in [0, 0.05) is 17.1 Å². The lowest BCUT2D eigenvalue weighted by molar-refractivity contribution is -0.117. The number of amides is 2. The van der Waals surface area contributed by atoms with Crippen LogP contribution in [0.5, 0.6) is 5.75 Å². The second-order valence-electron chi connectivity index (χ2n) is 9.18. The lowest BCUT2D eigenvalue weighted by Gasteiger charge is -2.29. The molecule has 10 nitrogen and oxygen atoms in total. The van der Waals surface area contributed by atoms with Crippen LogP contribution in [0, 0.1) is 11.7 Å². The van der Waals surface area contributed by atoms with Gasteiger partial charge in [0.2, 0.25) is 0 Å². The molecule has 1 atom stereocenters. The number of halogens is 2. The van der Waals surface area contributed by atoms with Crippen molar-refractivity contribution in [1.29, 1.82) is 0 Å². The second kappa shape index (κ2) is 10.7. The van der Waals surface area contributed by atoms with Gasteiger partial charge in [-0.15, -0.1) is 0 Å². The Kier molecular flexibility index (Phi) is 7.24. The van der Waals surface area contributed by atoms with Crippen LogP contribution in [0.15, 0.2) is 36.7 Å². The van der Waals surface area contributed by atoms with Crippen LogP contribution in [-0.2, 0) is 9.53 Å². The molecule has 0 radical (unpaired) electrons. The highest BCUT2D eigenvalue weighted by Gasteiger charge is 2.29. The first kappa shape index (κ1) is 25.0. The Morgan fingerprint density at radius 3 is 2.81 bits per heavy atom. The van der Waals surface area contributed by atoms with E-state index in [9.17, 15) is 14.0 Å². The molecule has 0 unspecified atom stereocenters. The van der Waals surface area contributed by atoms with Crippen LogP contribution in [0.2, 0.25) is 5.02 Å². The first-order valence-electron chi connectivity index (χ1n) is 11.9. The fraction of sp³-hybridized carbons (Fsp3) is 0.360. The number of fused-ring (bicyclic) bond motifs is 1. The summed E-state index contributed by atoms with van der Waals surface area (Å²) in [5.74, 6) is 0.316. The van der Waals surface area contributed by atoms with Crippen LogP contribution in [0.25, 0.3) is 10.9 Å². The molecule has 0 spiro atoms. The molecule has 3 aromatic rings. The van der Waals surface area contributed by atoms with E-state index in [4.69, 9.17) is 21.1 Å². The summed E-state index contributed by atoms with van der Waals surface area (Å²) in [6.45, 7) is 2.44. The Morgan fingerprint density at radius 1 is 1.27 bits per heavy atom. The quantitative estimate of drug-likeness (QED) is 0.422. The SMILES string of the molecule is CN1CCC(COc2cc3ncnc(Nc4ccc(F)c(Cl)c4)c3cc2NC(=O)[C@H]2COC(=O)N2)CC1. The molecule has 2 amide bonds. The normalized spacial score (nSPS) is 18.4. The second-order valence-corrected chi connectivity index (χ2v) is 9.59. The lowest BCUT2D eigenvalue weighted by Crippen LogP contribution is -2.38. The molecule has 12 heteroatoms. The van der Waals surface area contributed by atoms with E-state index in [0.29, 0.717) is 46.4 Å². The molecule has 3 heterocycles. The molecule has 1 aromatic heterocycles. The predicted octanol–water partition coefficient (Wildman–Crippen LogP) is 3.93. The van der Waals surface area contributed by atoms with Crippen LogP contribution in [-0.4, -0.2) is 66.3 Å². The van der Waals surface area contributed by atoms with Crippen molar-refractivity contribution in [2.75, 3.05) is 44.0 Å².